The van der Waals surface area contributed by atoms with Crippen molar-refractivity contribution in [1.82, 2.24) is 24.7 Å². The number of urea groups is 1. The van der Waals surface area contributed by atoms with Crippen LogP contribution < -0.4 is 15.5 Å². The molecule has 5 rings (SSSR count). The molecule has 1 aromatic carbocycles. The van der Waals surface area contributed by atoms with Gasteiger partial charge in [0.05, 0.1) is 11.6 Å². The highest BCUT2D eigenvalue weighted by molar-refractivity contribution is 5.99. The number of amides is 2. The van der Waals surface area contributed by atoms with Gasteiger partial charge in [0.2, 0.25) is 0 Å². The zero-order chi connectivity index (χ0) is 21.2. The largest absolute Gasteiger partial charge is 0.355 e. The normalized spacial score (nSPS) is 16.4. The molecule has 3 N–H and O–H groups in total. The SMILES string of the molecule is Cn1nccc1NC(=O)Nc1cccc(C2CCCN(c3ncnc4[nH]ccc34)C2)c1. The second kappa shape index (κ2) is 8.10. The molecule has 0 aliphatic carbocycles. The van der Waals surface area contributed by atoms with Crippen molar-refractivity contribution >= 4 is 34.4 Å². The number of aromatic nitrogens is 5. The summed E-state index contributed by atoms with van der Waals surface area (Å²) in [4.78, 5) is 26.7. The van der Waals surface area contributed by atoms with Gasteiger partial charge in [0, 0.05) is 44.0 Å². The minimum Gasteiger partial charge on any atom is -0.355 e. The number of benzene rings is 1. The molecule has 1 atom stereocenters. The highest BCUT2D eigenvalue weighted by atomic mass is 16.2. The molecular weight excluding hydrogens is 392 g/mol. The van der Waals surface area contributed by atoms with Crippen LogP contribution in [0.5, 0.6) is 0 Å². The smallest absolute Gasteiger partial charge is 0.324 e. The van der Waals surface area contributed by atoms with Crippen molar-refractivity contribution in [2.45, 2.75) is 18.8 Å². The number of H-pyrrole nitrogens is 1. The molecule has 1 unspecified atom stereocenters. The van der Waals surface area contributed by atoms with E-state index in [1.165, 1.54) is 5.56 Å². The Labute approximate surface area is 179 Å². The Balaban J connectivity index is 1.30. The first-order valence-electron chi connectivity index (χ1n) is 10.4. The molecule has 4 aromatic rings. The van der Waals surface area contributed by atoms with Crippen LogP contribution in [0.15, 0.2) is 55.1 Å². The summed E-state index contributed by atoms with van der Waals surface area (Å²) in [5, 5.41) is 10.8. The van der Waals surface area contributed by atoms with Crippen LogP contribution in [-0.4, -0.2) is 43.9 Å². The van der Waals surface area contributed by atoms with Gasteiger partial charge < -0.3 is 15.2 Å². The molecule has 4 heterocycles. The first-order chi connectivity index (χ1) is 15.2. The summed E-state index contributed by atoms with van der Waals surface area (Å²) in [6.45, 7) is 1.85. The van der Waals surface area contributed by atoms with E-state index in [0.717, 1.165) is 48.5 Å². The second-order valence-corrected chi connectivity index (χ2v) is 7.77. The Morgan fingerprint density at radius 3 is 3.00 bits per heavy atom. The molecular formula is C22H24N8O. The van der Waals surface area contributed by atoms with Crippen LogP contribution in [0.1, 0.15) is 24.3 Å². The Morgan fingerprint density at radius 1 is 1.19 bits per heavy atom. The molecule has 0 radical (unpaired) electrons. The number of carbonyl (C=O) groups is 1. The van der Waals surface area contributed by atoms with E-state index in [0.29, 0.717) is 11.7 Å². The van der Waals surface area contributed by atoms with E-state index in [9.17, 15) is 4.79 Å². The highest BCUT2D eigenvalue weighted by Crippen LogP contribution is 2.32. The minimum absolute atomic E-state index is 0.290. The first-order valence-corrected chi connectivity index (χ1v) is 10.4. The van der Waals surface area contributed by atoms with Crippen molar-refractivity contribution in [2.75, 3.05) is 28.6 Å². The van der Waals surface area contributed by atoms with Gasteiger partial charge in [-0.3, -0.25) is 10.00 Å². The first kappa shape index (κ1) is 19.1. The number of aromatic amines is 1. The maximum absolute atomic E-state index is 12.4. The van der Waals surface area contributed by atoms with Crippen LogP contribution in [0.3, 0.4) is 0 Å². The Morgan fingerprint density at radius 2 is 2.13 bits per heavy atom. The van der Waals surface area contributed by atoms with Crippen molar-refractivity contribution in [3.05, 3.63) is 60.7 Å². The van der Waals surface area contributed by atoms with Crippen molar-refractivity contribution in [1.29, 1.82) is 0 Å². The minimum atomic E-state index is -0.290. The van der Waals surface area contributed by atoms with Gasteiger partial charge in [-0.15, -0.1) is 0 Å². The van der Waals surface area contributed by atoms with E-state index in [1.54, 1.807) is 30.3 Å². The molecule has 0 bridgehead atoms. The molecule has 9 nitrogen and oxygen atoms in total. The molecule has 1 fully saturated rings. The molecule has 0 spiro atoms. The lowest BCUT2D eigenvalue weighted by Crippen LogP contribution is -2.35. The lowest BCUT2D eigenvalue weighted by Gasteiger charge is -2.34. The number of fused-ring (bicyclic) bond motifs is 1. The monoisotopic (exact) mass is 416 g/mol. The van der Waals surface area contributed by atoms with E-state index in [4.69, 9.17) is 0 Å². The zero-order valence-electron chi connectivity index (χ0n) is 17.2. The molecule has 0 saturated carbocycles. The standard InChI is InChI=1S/C22H24N8O/c1-29-19(8-10-26-29)28-22(31)27-17-6-2-4-15(12-17)16-5-3-11-30(13-16)21-18-7-9-23-20(18)24-14-25-21/h2,4,6-10,12,14,16H,3,5,11,13H2,1H3,(H,23,24,25)(H2,27,28,31). The van der Waals surface area contributed by atoms with Crippen molar-refractivity contribution in [3.63, 3.8) is 0 Å². The lowest BCUT2D eigenvalue weighted by atomic mass is 9.90. The van der Waals surface area contributed by atoms with Crippen LogP contribution in [0, 0.1) is 0 Å². The number of piperidine rings is 1. The van der Waals surface area contributed by atoms with Gasteiger partial charge in [-0.1, -0.05) is 12.1 Å². The predicted molar refractivity (Wildman–Crippen MR) is 120 cm³/mol. The molecule has 2 amide bonds. The predicted octanol–water partition coefficient (Wildman–Crippen LogP) is 3.72. The summed E-state index contributed by atoms with van der Waals surface area (Å²) in [6, 6.07) is 11.6. The zero-order valence-corrected chi connectivity index (χ0v) is 17.2. The van der Waals surface area contributed by atoms with Crippen LogP contribution in [0.2, 0.25) is 0 Å². The van der Waals surface area contributed by atoms with Crippen LogP contribution >= 0.6 is 0 Å². The van der Waals surface area contributed by atoms with Crippen LogP contribution in [0.25, 0.3) is 11.0 Å². The topological polar surface area (TPSA) is 104 Å². The van der Waals surface area contributed by atoms with E-state index < -0.39 is 0 Å². The summed E-state index contributed by atoms with van der Waals surface area (Å²) in [7, 11) is 1.78. The highest BCUT2D eigenvalue weighted by Gasteiger charge is 2.24. The van der Waals surface area contributed by atoms with Gasteiger partial charge in [-0.05, 0) is 36.6 Å². The molecule has 3 aromatic heterocycles. The van der Waals surface area contributed by atoms with Gasteiger partial charge >= 0.3 is 6.03 Å². The van der Waals surface area contributed by atoms with Crippen LogP contribution in [0.4, 0.5) is 22.1 Å². The average Bonchev–Trinajstić information content (AvgIpc) is 3.43. The molecule has 9 heteroatoms. The second-order valence-electron chi connectivity index (χ2n) is 7.77. The molecule has 158 valence electrons. The summed E-state index contributed by atoms with van der Waals surface area (Å²) in [5.74, 6) is 1.97. The maximum atomic E-state index is 12.4. The van der Waals surface area contributed by atoms with Gasteiger partial charge in [0.15, 0.2) is 0 Å². The van der Waals surface area contributed by atoms with Crippen LogP contribution in [-0.2, 0) is 7.05 Å². The number of hydrogen-bond donors (Lipinski definition) is 3. The van der Waals surface area contributed by atoms with Crippen molar-refractivity contribution < 1.29 is 4.79 Å². The Bertz CT molecular complexity index is 1210. The summed E-state index contributed by atoms with van der Waals surface area (Å²) < 4.78 is 1.61. The number of carbonyl (C=O) groups excluding carboxylic acids is 1. The van der Waals surface area contributed by atoms with Crippen molar-refractivity contribution in [2.24, 2.45) is 7.05 Å². The van der Waals surface area contributed by atoms with E-state index in [1.807, 2.05) is 24.4 Å². The number of anilines is 3. The summed E-state index contributed by atoms with van der Waals surface area (Å²) in [5.41, 5.74) is 2.84. The van der Waals surface area contributed by atoms with E-state index >= 15 is 0 Å². The number of aryl methyl sites for hydroxylation is 1. The number of nitrogens with zero attached hydrogens (tertiary/aromatic N) is 5. The summed E-state index contributed by atoms with van der Waals surface area (Å²) in [6.07, 6.45) is 7.34. The van der Waals surface area contributed by atoms with Gasteiger partial charge in [-0.2, -0.15) is 5.10 Å². The number of rotatable bonds is 4. The molecule has 1 saturated heterocycles. The van der Waals surface area contributed by atoms with Gasteiger partial charge in [0.25, 0.3) is 0 Å². The fourth-order valence-electron chi connectivity index (χ4n) is 4.20. The Hall–Kier alpha value is -3.88. The molecule has 31 heavy (non-hydrogen) atoms. The van der Waals surface area contributed by atoms with Gasteiger partial charge in [0.1, 0.15) is 23.6 Å². The van der Waals surface area contributed by atoms with Crippen molar-refractivity contribution in [3.8, 4) is 0 Å². The fraction of sp³-hybridized carbons (Fsp3) is 0.273. The van der Waals surface area contributed by atoms with E-state index in [2.05, 4.69) is 47.7 Å². The molecule has 1 aliphatic rings. The molecule has 1 aliphatic heterocycles. The van der Waals surface area contributed by atoms with Gasteiger partial charge in [-0.25, -0.2) is 14.8 Å². The Kier molecular flexibility index (Phi) is 4.99. The third kappa shape index (κ3) is 3.94. The third-order valence-corrected chi connectivity index (χ3v) is 5.73. The maximum Gasteiger partial charge on any atom is 0.324 e. The fourth-order valence-corrected chi connectivity index (χ4v) is 4.20. The van der Waals surface area contributed by atoms with E-state index in [-0.39, 0.29) is 6.03 Å². The quantitative estimate of drug-likeness (QED) is 0.470. The summed E-state index contributed by atoms with van der Waals surface area (Å²) >= 11 is 0. The third-order valence-electron chi connectivity index (χ3n) is 5.73. The number of hydrogen-bond acceptors (Lipinski definition) is 5. The lowest BCUT2D eigenvalue weighted by molar-refractivity contribution is 0.262. The average molecular weight is 416 g/mol. The number of nitrogens with one attached hydrogen (secondary N) is 3.